The second kappa shape index (κ2) is 4.17. The van der Waals surface area contributed by atoms with Crippen LogP contribution in [0.25, 0.3) is 11.1 Å². The Morgan fingerprint density at radius 3 is 2.58 bits per heavy atom. The number of nitrogens with zero attached hydrogens (tertiary/aromatic N) is 1. The van der Waals surface area contributed by atoms with Gasteiger partial charge in [-0.2, -0.15) is 4.31 Å². The number of anilines is 1. The smallest absolute Gasteiger partial charge is 0.185 e. The van der Waals surface area contributed by atoms with Crippen molar-refractivity contribution in [2.24, 2.45) is 0 Å². The van der Waals surface area contributed by atoms with Crippen LogP contribution in [-0.4, -0.2) is 12.3 Å². The van der Waals surface area contributed by atoms with Gasteiger partial charge in [0.05, 0.1) is 12.2 Å². The maximum absolute atomic E-state index is 2.59. The monoisotopic (exact) mass is 266 g/mol. The molecular weight excluding hydrogens is 250 g/mol. The van der Waals surface area contributed by atoms with E-state index in [1.807, 2.05) is 0 Å². The molecule has 0 bridgehead atoms. The number of hydrogen-bond donors (Lipinski definition) is 0. The second-order valence-electron chi connectivity index (χ2n) is 5.13. The van der Waals surface area contributed by atoms with Crippen LogP contribution in [0.15, 0.2) is 65.1 Å². The summed E-state index contributed by atoms with van der Waals surface area (Å²) in [6.45, 7) is 3.30. The fourth-order valence-electron chi connectivity index (χ4n) is 2.91. The van der Waals surface area contributed by atoms with Gasteiger partial charge in [0.15, 0.2) is 10.6 Å². The third-order valence-corrected chi connectivity index (χ3v) is 6.06. The van der Waals surface area contributed by atoms with Gasteiger partial charge < -0.3 is 0 Å². The molecule has 0 saturated heterocycles. The summed E-state index contributed by atoms with van der Waals surface area (Å²) in [6, 6.07) is 17.7. The molecule has 0 aliphatic carbocycles. The Hall–Kier alpha value is -1.67. The second-order valence-corrected chi connectivity index (χ2v) is 7.08. The number of benzene rings is 2. The van der Waals surface area contributed by atoms with E-state index in [1.54, 1.807) is 0 Å². The molecule has 0 spiro atoms. The molecule has 1 unspecified atom stereocenters. The zero-order valence-electron chi connectivity index (χ0n) is 11.0. The third kappa shape index (κ3) is 1.63. The molecule has 19 heavy (non-hydrogen) atoms. The van der Waals surface area contributed by atoms with Gasteiger partial charge in [-0.05, 0) is 36.8 Å². The van der Waals surface area contributed by atoms with E-state index >= 15 is 0 Å². The van der Waals surface area contributed by atoms with Crippen LogP contribution in [0.4, 0.5) is 5.69 Å². The maximum Gasteiger partial charge on any atom is 0.189 e. The first-order chi connectivity index (χ1) is 9.34. The van der Waals surface area contributed by atoms with Crippen molar-refractivity contribution in [3.8, 4) is 11.1 Å². The first kappa shape index (κ1) is 11.2. The van der Waals surface area contributed by atoms with Crippen molar-refractivity contribution < 1.29 is 0 Å². The van der Waals surface area contributed by atoms with Crippen molar-refractivity contribution in [3.05, 3.63) is 60.2 Å². The number of hydrogen-bond acceptors (Lipinski definition) is 1. The highest BCUT2D eigenvalue weighted by molar-refractivity contribution is 7.98. The molecule has 2 heterocycles. The minimum Gasteiger partial charge on any atom is -0.185 e. The van der Waals surface area contributed by atoms with Crippen molar-refractivity contribution in [1.29, 1.82) is 0 Å². The van der Waals surface area contributed by atoms with E-state index in [4.69, 9.17) is 0 Å². The van der Waals surface area contributed by atoms with Gasteiger partial charge in [0, 0.05) is 11.1 Å². The van der Waals surface area contributed by atoms with Crippen LogP contribution in [0.1, 0.15) is 6.92 Å². The summed E-state index contributed by atoms with van der Waals surface area (Å²) in [4.78, 5) is 1.50. The van der Waals surface area contributed by atoms with Crippen molar-refractivity contribution in [2.45, 2.75) is 11.8 Å². The SMILES string of the molecule is CC1=CC[S+]2c3ccccc3-c3ccccc3N2C1. The lowest BCUT2D eigenvalue weighted by atomic mass is 10.0. The standard InChI is InChI=1S/C17H16NS/c1-13-10-11-19-17-9-5-3-7-15(17)14-6-2-4-8-16(14)18(19)12-13/h2-10H,11-12H2,1H3/q+1. The molecule has 0 fully saturated rings. The zero-order chi connectivity index (χ0) is 12.8. The van der Waals surface area contributed by atoms with Crippen LogP contribution in [0.3, 0.4) is 0 Å². The third-order valence-electron chi connectivity index (χ3n) is 3.85. The predicted molar refractivity (Wildman–Crippen MR) is 83.5 cm³/mol. The first-order valence-electron chi connectivity index (χ1n) is 6.67. The summed E-state index contributed by atoms with van der Waals surface area (Å²) in [5.74, 6) is 1.15. The normalized spacial score (nSPS) is 20.2. The highest BCUT2D eigenvalue weighted by atomic mass is 32.2. The Morgan fingerprint density at radius 1 is 0.947 bits per heavy atom. The van der Waals surface area contributed by atoms with Gasteiger partial charge in [-0.25, -0.2) is 0 Å². The highest BCUT2D eigenvalue weighted by Gasteiger charge is 2.41. The van der Waals surface area contributed by atoms with E-state index in [0.717, 1.165) is 12.3 Å². The number of para-hydroxylation sites is 1. The molecule has 94 valence electrons. The molecule has 2 aliphatic rings. The molecular formula is C17H16NS+. The van der Waals surface area contributed by atoms with Crippen LogP contribution >= 0.6 is 0 Å². The van der Waals surface area contributed by atoms with Gasteiger partial charge in [0.25, 0.3) is 0 Å². The average molecular weight is 266 g/mol. The Morgan fingerprint density at radius 2 is 1.68 bits per heavy atom. The minimum atomic E-state index is 0.197. The maximum atomic E-state index is 2.59. The van der Waals surface area contributed by atoms with Gasteiger partial charge >= 0.3 is 0 Å². The predicted octanol–water partition coefficient (Wildman–Crippen LogP) is 4.03. The van der Waals surface area contributed by atoms with Gasteiger partial charge in [-0.1, -0.05) is 30.3 Å². The van der Waals surface area contributed by atoms with E-state index in [-0.39, 0.29) is 11.1 Å². The molecule has 0 radical (unpaired) electrons. The Labute approximate surface area is 117 Å². The summed E-state index contributed by atoms with van der Waals surface area (Å²) in [5.41, 5.74) is 5.69. The van der Waals surface area contributed by atoms with E-state index in [9.17, 15) is 0 Å². The van der Waals surface area contributed by atoms with E-state index < -0.39 is 0 Å². The average Bonchev–Trinajstić information content (AvgIpc) is 2.47. The Kier molecular flexibility index (Phi) is 2.46. The van der Waals surface area contributed by atoms with Crippen LogP contribution in [-0.2, 0) is 11.1 Å². The molecule has 1 atom stereocenters. The lowest BCUT2D eigenvalue weighted by molar-refractivity contribution is 1.07. The van der Waals surface area contributed by atoms with Gasteiger partial charge in [0.2, 0.25) is 0 Å². The first-order valence-corrected chi connectivity index (χ1v) is 8.02. The minimum absolute atomic E-state index is 0.197. The zero-order valence-corrected chi connectivity index (χ0v) is 11.8. The Bertz CT molecular complexity index is 674. The molecule has 0 N–H and O–H groups in total. The van der Waals surface area contributed by atoms with Gasteiger partial charge in [0.1, 0.15) is 11.1 Å². The molecule has 1 nitrogen and oxygen atoms in total. The van der Waals surface area contributed by atoms with Crippen LogP contribution < -0.4 is 4.31 Å². The highest BCUT2D eigenvalue weighted by Crippen LogP contribution is 2.44. The molecule has 0 aromatic heterocycles. The van der Waals surface area contributed by atoms with E-state index in [2.05, 4.69) is 65.8 Å². The van der Waals surface area contributed by atoms with Crippen LogP contribution in [0, 0.1) is 0 Å². The fraction of sp³-hybridized carbons (Fsp3) is 0.176. The fourth-order valence-corrected chi connectivity index (χ4v) is 5.37. The summed E-state index contributed by atoms with van der Waals surface area (Å²) in [6.07, 6.45) is 2.41. The topological polar surface area (TPSA) is 3.24 Å². The largest absolute Gasteiger partial charge is 0.189 e. The Balaban J connectivity index is 1.99. The molecule has 0 amide bonds. The molecule has 2 aliphatic heterocycles. The van der Waals surface area contributed by atoms with Crippen LogP contribution in [0.5, 0.6) is 0 Å². The molecule has 2 aromatic carbocycles. The lowest BCUT2D eigenvalue weighted by Gasteiger charge is -2.33. The number of fused-ring (bicyclic) bond motifs is 6. The molecule has 4 rings (SSSR count). The van der Waals surface area contributed by atoms with Crippen molar-refractivity contribution in [2.75, 3.05) is 16.6 Å². The summed E-state index contributed by atoms with van der Waals surface area (Å²) < 4.78 is 2.59. The molecule has 0 saturated carbocycles. The lowest BCUT2D eigenvalue weighted by Crippen LogP contribution is -2.40. The summed E-state index contributed by atoms with van der Waals surface area (Å²) >= 11 is 0.197. The van der Waals surface area contributed by atoms with Crippen LogP contribution in [0.2, 0.25) is 0 Å². The van der Waals surface area contributed by atoms with E-state index in [0.29, 0.717) is 0 Å². The van der Waals surface area contributed by atoms with Crippen molar-refractivity contribution >= 4 is 16.8 Å². The van der Waals surface area contributed by atoms with E-state index in [1.165, 1.54) is 27.3 Å². The summed E-state index contributed by atoms with van der Waals surface area (Å²) in [5, 5.41) is 0. The molecule has 2 aromatic rings. The van der Waals surface area contributed by atoms with Crippen molar-refractivity contribution in [3.63, 3.8) is 0 Å². The van der Waals surface area contributed by atoms with Gasteiger partial charge in [-0.15, -0.1) is 0 Å². The number of rotatable bonds is 0. The van der Waals surface area contributed by atoms with Gasteiger partial charge in [-0.3, -0.25) is 0 Å². The summed E-state index contributed by atoms with van der Waals surface area (Å²) in [7, 11) is 0. The van der Waals surface area contributed by atoms with Crippen molar-refractivity contribution in [1.82, 2.24) is 0 Å². The quantitative estimate of drug-likeness (QED) is 0.514. The molecule has 2 heteroatoms.